The number of rotatable bonds is 3. The van der Waals surface area contributed by atoms with E-state index in [0.29, 0.717) is 0 Å². The summed E-state index contributed by atoms with van der Waals surface area (Å²) in [4.78, 5) is 4.80. The number of aromatic nitrogens is 3. The van der Waals surface area contributed by atoms with E-state index in [2.05, 4.69) is 13.8 Å². The predicted octanol–water partition coefficient (Wildman–Crippen LogP) is 2.48. The molecule has 5 nitrogen and oxygen atoms in total. The molecule has 0 radical (unpaired) electrons. The second-order valence-electron chi connectivity index (χ2n) is 6.44. The van der Waals surface area contributed by atoms with E-state index in [1.54, 1.807) is 0 Å². The molecule has 2 aromatic rings. The van der Waals surface area contributed by atoms with Gasteiger partial charge in [0.25, 0.3) is 0 Å². The van der Waals surface area contributed by atoms with E-state index in [1.165, 1.54) is 0 Å². The zero-order valence-electron chi connectivity index (χ0n) is 13.2. The zero-order chi connectivity index (χ0) is 15.7. The number of nitrogens with two attached hydrogens (primary N) is 1. The summed E-state index contributed by atoms with van der Waals surface area (Å²) < 4.78 is 2.01. The first-order valence-electron chi connectivity index (χ1n) is 8.01. The smallest absolute Gasteiger partial charge is 0.181 e. The van der Waals surface area contributed by atoms with Crippen molar-refractivity contribution in [2.45, 2.75) is 57.2 Å². The van der Waals surface area contributed by atoms with E-state index in [-0.39, 0.29) is 24.1 Å². The van der Waals surface area contributed by atoms with Crippen LogP contribution in [0.25, 0.3) is 11.4 Å². The molecular formula is C17H24N4O. The monoisotopic (exact) mass is 300 g/mol. The van der Waals surface area contributed by atoms with Crippen molar-refractivity contribution in [2.75, 3.05) is 0 Å². The van der Waals surface area contributed by atoms with Crippen molar-refractivity contribution in [1.82, 2.24) is 14.8 Å². The van der Waals surface area contributed by atoms with Gasteiger partial charge in [-0.25, -0.2) is 9.67 Å². The van der Waals surface area contributed by atoms with Crippen LogP contribution in [0.5, 0.6) is 0 Å². The molecule has 1 aromatic carbocycles. The highest BCUT2D eigenvalue weighted by molar-refractivity contribution is 5.54. The molecule has 0 amide bonds. The first kappa shape index (κ1) is 15.2. The first-order chi connectivity index (χ1) is 10.6. The molecule has 1 heterocycles. The second kappa shape index (κ2) is 6.18. The van der Waals surface area contributed by atoms with Gasteiger partial charge in [-0.15, -0.1) is 0 Å². The van der Waals surface area contributed by atoms with E-state index in [1.807, 2.05) is 35.0 Å². The van der Waals surface area contributed by atoms with Crippen molar-refractivity contribution in [3.63, 3.8) is 0 Å². The van der Waals surface area contributed by atoms with Crippen LogP contribution < -0.4 is 5.73 Å². The van der Waals surface area contributed by atoms with Crippen molar-refractivity contribution in [3.8, 4) is 11.4 Å². The quantitative estimate of drug-likeness (QED) is 0.913. The Hall–Kier alpha value is -1.72. The summed E-state index contributed by atoms with van der Waals surface area (Å²) in [5.74, 6) is 2.03. The Labute approximate surface area is 131 Å². The van der Waals surface area contributed by atoms with Gasteiger partial charge in [-0.05, 0) is 33.1 Å². The van der Waals surface area contributed by atoms with E-state index in [9.17, 15) is 5.11 Å². The summed E-state index contributed by atoms with van der Waals surface area (Å²) >= 11 is 0. The molecule has 3 rings (SSSR count). The number of hydrogen-bond acceptors (Lipinski definition) is 4. The maximum atomic E-state index is 9.84. The highest BCUT2D eigenvalue weighted by atomic mass is 16.3. The summed E-state index contributed by atoms with van der Waals surface area (Å²) in [6.07, 6.45) is 2.02. The third-order valence-corrected chi connectivity index (χ3v) is 4.41. The molecular weight excluding hydrogens is 276 g/mol. The van der Waals surface area contributed by atoms with Crippen molar-refractivity contribution in [3.05, 3.63) is 36.2 Å². The minimum Gasteiger partial charge on any atom is -0.392 e. The number of benzene rings is 1. The Balaban J connectivity index is 1.95. The number of nitrogens with zero attached hydrogens (tertiary/aromatic N) is 3. The summed E-state index contributed by atoms with van der Waals surface area (Å²) in [6.45, 7) is 4.23. The Morgan fingerprint density at radius 1 is 1.23 bits per heavy atom. The SMILES string of the molecule is CC(C)n1nc(-c2ccccc2)nc1[C@H]1CC[C@@H](O)[C@H](N)C1. The molecule has 0 aliphatic heterocycles. The van der Waals surface area contributed by atoms with Crippen LogP contribution in [0.2, 0.25) is 0 Å². The summed E-state index contributed by atoms with van der Waals surface area (Å²) in [5.41, 5.74) is 7.07. The Morgan fingerprint density at radius 2 is 1.95 bits per heavy atom. The molecule has 1 aliphatic rings. The Morgan fingerprint density at radius 3 is 2.59 bits per heavy atom. The van der Waals surface area contributed by atoms with Crippen LogP contribution in [0.4, 0.5) is 0 Å². The van der Waals surface area contributed by atoms with Crippen LogP contribution in [-0.2, 0) is 0 Å². The molecule has 3 atom stereocenters. The third kappa shape index (κ3) is 2.91. The minimum absolute atomic E-state index is 0.170. The van der Waals surface area contributed by atoms with Crippen LogP contribution >= 0.6 is 0 Å². The Bertz CT molecular complexity index is 623. The largest absolute Gasteiger partial charge is 0.392 e. The fraction of sp³-hybridized carbons (Fsp3) is 0.529. The van der Waals surface area contributed by atoms with Crippen LogP contribution in [-0.4, -0.2) is 32.0 Å². The fourth-order valence-corrected chi connectivity index (χ4v) is 3.13. The lowest BCUT2D eigenvalue weighted by Crippen LogP contribution is -2.40. The molecule has 0 spiro atoms. The van der Waals surface area contributed by atoms with E-state index < -0.39 is 0 Å². The zero-order valence-corrected chi connectivity index (χ0v) is 13.2. The number of aliphatic hydroxyl groups excluding tert-OH is 1. The van der Waals surface area contributed by atoms with Crippen LogP contribution in [0, 0.1) is 0 Å². The predicted molar refractivity (Wildman–Crippen MR) is 86.4 cm³/mol. The molecule has 0 saturated heterocycles. The van der Waals surface area contributed by atoms with Crippen molar-refractivity contribution >= 4 is 0 Å². The van der Waals surface area contributed by atoms with E-state index in [0.717, 1.165) is 36.5 Å². The average Bonchev–Trinajstić information content (AvgIpc) is 2.96. The maximum absolute atomic E-state index is 9.84. The number of hydrogen-bond donors (Lipinski definition) is 2. The molecule has 1 aliphatic carbocycles. The molecule has 1 fully saturated rings. The molecule has 22 heavy (non-hydrogen) atoms. The average molecular weight is 300 g/mol. The summed E-state index contributed by atoms with van der Waals surface area (Å²) in [5, 5.41) is 14.5. The maximum Gasteiger partial charge on any atom is 0.181 e. The molecule has 3 N–H and O–H groups in total. The molecule has 5 heteroatoms. The van der Waals surface area contributed by atoms with Gasteiger partial charge >= 0.3 is 0 Å². The minimum atomic E-state index is -0.389. The van der Waals surface area contributed by atoms with E-state index >= 15 is 0 Å². The van der Waals surface area contributed by atoms with Gasteiger partial charge < -0.3 is 10.8 Å². The van der Waals surface area contributed by atoms with Crippen molar-refractivity contribution in [1.29, 1.82) is 0 Å². The lowest BCUT2D eigenvalue weighted by molar-refractivity contribution is 0.0983. The molecule has 0 unspecified atom stereocenters. The van der Waals surface area contributed by atoms with E-state index in [4.69, 9.17) is 15.8 Å². The van der Waals surface area contributed by atoms with Crippen LogP contribution in [0.3, 0.4) is 0 Å². The Kier molecular flexibility index (Phi) is 4.27. The van der Waals surface area contributed by atoms with Gasteiger partial charge in [0.15, 0.2) is 5.82 Å². The van der Waals surface area contributed by atoms with Gasteiger partial charge in [-0.3, -0.25) is 0 Å². The van der Waals surface area contributed by atoms with Gasteiger partial charge in [0.1, 0.15) is 5.82 Å². The number of aliphatic hydroxyl groups is 1. The van der Waals surface area contributed by atoms with Gasteiger partial charge in [0.05, 0.1) is 6.10 Å². The summed E-state index contributed by atoms with van der Waals surface area (Å²) in [6, 6.07) is 10.1. The highest BCUT2D eigenvalue weighted by Crippen LogP contribution is 2.33. The second-order valence-corrected chi connectivity index (χ2v) is 6.44. The lowest BCUT2D eigenvalue weighted by atomic mass is 9.83. The normalized spacial score (nSPS) is 25.6. The van der Waals surface area contributed by atoms with Crippen LogP contribution in [0.1, 0.15) is 50.9 Å². The molecule has 118 valence electrons. The van der Waals surface area contributed by atoms with Gasteiger partial charge in [-0.2, -0.15) is 5.10 Å². The highest BCUT2D eigenvalue weighted by Gasteiger charge is 2.31. The first-order valence-corrected chi connectivity index (χ1v) is 8.01. The standard InChI is InChI=1S/C17H24N4O/c1-11(2)21-17(13-8-9-15(22)14(18)10-13)19-16(20-21)12-6-4-3-5-7-12/h3-7,11,13-15,22H,8-10,18H2,1-2H3/t13-,14+,15+/m0/s1. The lowest BCUT2D eigenvalue weighted by Gasteiger charge is -2.30. The van der Waals surface area contributed by atoms with Gasteiger partial charge in [0, 0.05) is 23.6 Å². The van der Waals surface area contributed by atoms with Gasteiger partial charge in [0.2, 0.25) is 0 Å². The fourth-order valence-electron chi connectivity index (χ4n) is 3.13. The van der Waals surface area contributed by atoms with Crippen molar-refractivity contribution in [2.24, 2.45) is 5.73 Å². The topological polar surface area (TPSA) is 77.0 Å². The molecule has 1 saturated carbocycles. The molecule has 0 bridgehead atoms. The summed E-state index contributed by atoms with van der Waals surface area (Å²) in [7, 11) is 0. The van der Waals surface area contributed by atoms with Gasteiger partial charge in [-0.1, -0.05) is 30.3 Å². The third-order valence-electron chi connectivity index (χ3n) is 4.41. The molecule has 1 aromatic heterocycles. The van der Waals surface area contributed by atoms with Crippen LogP contribution in [0.15, 0.2) is 30.3 Å². The van der Waals surface area contributed by atoms with Crippen molar-refractivity contribution < 1.29 is 5.11 Å².